The molecule has 1 heterocycles. The van der Waals surface area contributed by atoms with Crippen molar-refractivity contribution in [2.24, 2.45) is 0 Å². The molecule has 0 aliphatic heterocycles. The van der Waals surface area contributed by atoms with Gasteiger partial charge in [-0.2, -0.15) is 0 Å². The summed E-state index contributed by atoms with van der Waals surface area (Å²) in [5.41, 5.74) is 8.74. The molecular formula is C30H34NO3P. The molecule has 0 spiro atoms. The number of nitrogens with zero attached hydrogens (tertiary/aromatic N) is 1. The van der Waals surface area contributed by atoms with Crippen LogP contribution < -0.4 is 0 Å². The number of hydrogen-bond donors (Lipinski definition) is 2. The lowest BCUT2D eigenvalue weighted by Gasteiger charge is -2.12. The summed E-state index contributed by atoms with van der Waals surface area (Å²) >= 11 is 0. The number of unbranched alkanes of at least 4 members (excludes halogenated alkanes) is 2. The normalized spacial score (nSPS) is 11.7. The molecule has 1 aromatic heterocycles. The van der Waals surface area contributed by atoms with Crippen molar-refractivity contribution in [1.29, 1.82) is 0 Å². The standard InChI is InChI=1S/C30H34NO3P/c1-23-9-4-5-11-25(23)13-7-10-24-15-17-26(18-16-24)28-20-19-27(30-29(28)14-8-21-31-30)12-3-2-6-22-35(32,33)34/h4-5,8-9,11,14-21H,2-3,6-7,10,12-13,22H2,1H3,(H2,32,33,34). The van der Waals surface area contributed by atoms with Crippen LogP contribution in [0.25, 0.3) is 22.0 Å². The minimum atomic E-state index is -3.90. The topological polar surface area (TPSA) is 70.4 Å². The van der Waals surface area contributed by atoms with Gasteiger partial charge >= 0.3 is 7.60 Å². The molecule has 0 bridgehead atoms. The van der Waals surface area contributed by atoms with Gasteiger partial charge in [-0.3, -0.25) is 9.55 Å². The molecule has 0 fully saturated rings. The van der Waals surface area contributed by atoms with Crippen molar-refractivity contribution in [3.63, 3.8) is 0 Å². The van der Waals surface area contributed by atoms with Crippen LogP contribution in [0.4, 0.5) is 0 Å². The second-order valence-electron chi connectivity index (χ2n) is 9.35. The zero-order chi connectivity index (χ0) is 24.7. The minimum Gasteiger partial charge on any atom is -0.324 e. The Morgan fingerprint density at radius 3 is 2.29 bits per heavy atom. The van der Waals surface area contributed by atoms with Gasteiger partial charge in [0.1, 0.15) is 0 Å². The first-order valence-electron chi connectivity index (χ1n) is 12.5. The van der Waals surface area contributed by atoms with Crippen LogP contribution in [-0.4, -0.2) is 20.9 Å². The van der Waals surface area contributed by atoms with Crippen LogP contribution in [0.15, 0.2) is 79.0 Å². The van der Waals surface area contributed by atoms with Crippen LogP contribution in [0.3, 0.4) is 0 Å². The third kappa shape index (κ3) is 7.11. The van der Waals surface area contributed by atoms with Crippen LogP contribution in [0.2, 0.25) is 0 Å². The van der Waals surface area contributed by atoms with Crippen LogP contribution in [0, 0.1) is 6.92 Å². The van der Waals surface area contributed by atoms with Gasteiger partial charge in [0.15, 0.2) is 0 Å². The number of fused-ring (bicyclic) bond motifs is 1. The van der Waals surface area contributed by atoms with Crippen molar-refractivity contribution >= 4 is 18.5 Å². The van der Waals surface area contributed by atoms with Crippen molar-refractivity contribution in [3.8, 4) is 11.1 Å². The molecule has 5 heteroatoms. The molecule has 0 aliphatic carbocycles. The average Bonchev–Trinajstić information content (AvgIpc) is 2.85. The van der Waals surface area contributed by atoms with E-state index in [2.05, 4.69) is 78.6 Å². The molecule has 0 atom stereocenters. The van der Waals surface area contributed by atoms with E-state index in [1.807, 2.05) is 12.3 Å². The molecular weight excluding hydrogens is 453 g/mol. The largest absolute Gasteiger partial charge is 0.325 e. The lowest BCUT2D eigenvalue weighted by molar-refractivity contribution is 0.371. The summed E-state index contributed by atoms with van der Waals surface area (Å²) in [4.78, 5) is 22.7. The third-order valence-electron chi connectivity index (χ3n) is 6.69. The fourth-order valence-electron chi connectivity index (χ4n) is 4.72. The monoisotopic (exact) mass is 487 g/mol. The second kappa shape index (κ2) is 11.8. The van der Waals surface area contributed by atoms with Crippen LogP contribution in [0.5, 0.6) is 0 Å². The van der Waals surface area contributed by atoms with E-state index in [1.165, 1.54) is 33.4 Å². The Balaban J connectivity index is 1.41. The highest BCUT2D eigenvalue weighted by Gasteiger charge is 2.12. The van der Waals surface area contributed by atoms with Gasteiger partial charge in [-0.1, -0.05) is 73.2 Å². The first-order chi connectivity index (χ1) is 16.9. The quantitative estimate of drug-likeness (QED) is 0.172. The van der Waals surface area contributed by atoms with E-state index < -0.39 is 7.60 Å². The molecule has 4 aromatic rings. The van der Waals surface area contributed by atoms with Gasteiger partial charge in [-0.15, -0.1) is 0 Å². The maximum Gasteiger partial charge on any atom is 0.325 e. The summed E-state index contributed by atoms with van der Waals surface area (Å²) < 4.78 is 11.0. The molecule has 0 unspecified atom stereocenters. The highest BCUT2D eigenvalue weighted by atomic mass is 31.2. The second-order valence-corrected chi connectivity index (χ2v) is 11.1. The minimum absolute atomic E-state index is 0.0349. The summed E-state index contributed by atoms with van der Waals surface area (Å²) in [6.07, 6.45) is 8.20. The molecule has 4 rings (SSSR count). The Labute approximate surface area is 208 Å². The van der Waals surface area contributed by atoms with Gasteiger partial charge in [-0.05, 0) is 84.9 Å². The Kier molecular flexibility index (Phi) is 8.51. The fourth-order valence-corrected chi connectivity index (χ4v) is 5.35. The van der Waals surface area contributed by atoms with Crippen LogP contribution in [-0.2, 0) is 23.8 Å². The van der Waals surface area contributed by atoms with Gasteiger partial charge < -0.3 is 9.79 Å². The van der Waals surface area contributed by atoms with Crippen molar-refractivity contribution in [3.05, 3.63) is 101 Å². The van der Waals surface area contributed by atoms with E-state index >= 15 is 0 Å². The number of benzene rings is 3. The van der Waals surface area contributed by atoms with Gasteiger partial charge in [0, 0.05) is 17.7 Å². The summed E-state index contributed by atoms with van der Waals surface area (Å²) in [6, 6.07) is 26.0. The molecule has 0 saturated carbocycles. The highest BCUT2D eigenvalue weighted by Crippen LogP contribution is 2.36. The Morgan fingerprint density at radius 2 is 1.51 bits per heavy atom. The number of aryl methyl sites for hydroxylation is 4. The van der Waals surface area contributed by atoms with Crippen molar-refractivity contribution in [1.82, 2.24) is 4.98 Å². The molecule has 3 aromatic carbocycles. The molecule has 2 N–H and O–H groups in total. The van der Waals surface area contributed by atoms with Crippen molar-refractivity contribution in [2.75, 3.05) is 6.16 Å². The number of rotatable bonds is 11. The third-order valence-corrected chi connectivity index (χ3v) is 7.59. The van der Waals surface area contributed by atoms with Crippen LogP contribution >= 0.6 is 7.60 Å². The number of hydrogen-bond acceptors (Lipinski definition) is 2. The van der Waals surface area contributed by atoms with E-state index in [-0.39, 0.29) is 6.16 Å². The molecule has 0 radical (unpaired) electrons. The first-order valence-corrected chi connectivity index (χ1v) is 14.3. The molecule has 4 nitrogen and oxygen atoms in total. The lowest BCUT2D eigenvalue weighted by Crippen LogP contribution is -1.95. The predicted octanol–water partition coefficient (Wildman–Crippen LogP) is 7.28. The molecule has 182 valence electrons. The van der Waals surface area contributed by atoms with E-state index in [0.717, 1.165) is 49.4 Å². The summed E-state index contributed by atoms with van der Waals surface area (Å²) in [5.74, 6) is 0. The SMILES string of the molecule is Cc1ccccc1CCCc1ccc(-c2ccc(CCCCCP(=O)(O)O)c3ncccc23)cc1. The summed E-state index contributed by atoms with van der Waals surface area (Å²) in [5, 5.41) is 1.15. The zero-order valence-electron chi connectivity index (χ0n) is 20.4. The van der Waals surface area contributed by atoms with Gasteiger partial charge in [0.05, 0.1) is 5.52 Å². The first kappa shape index (κ1) is 25.3. The predicted molar refractivity (Wildman–Crippen MR) is 145 cm³/mol. The maximum atomic E-state index is 11.0. The van der Waals surface area contributed by atoms with E-state index in [0.29, 0.717) is 6.42 Å². The molecule has 0 amide bonds. The molecule has 35 heavy (non-hydrogen) atoms. The highest BCUT2D eigenvalue weighted by molar-refractivity contribution is 7.51. The molecule has 0 aliphatic rings. The van der Waals surface area contributed by atoms with Crippen LogP contribution in [0.1, 0.15) is 47.9 Å². The smallest absolute Gasteiger partial charge is 0.324 e. The van der Waals surface area contributed by atoms with Gasteiger partial charge in [-0.25, -0.2) is 0 Å². The van der Waals surface area contributed by atoms with Crippen molar-refractivity contribution in [2.45, 2.75) is 51.9 Å². The Morgan fingerprint density at radius 1 is 0.743 bits per heavy atom. The number of pyridine rings is 1. The number of aromatic nitrogens is 1. The summed E-state index contributed by atoms with van der Waals surface area (Å²) in [7, 11) is -3.90. The maximum absolute atomic E-state index is 11.0. The van der Waals surface area contributed by atoms with E-state index in [4.69, 9.17) is 9.79 Å². The van der Waals surface area contributed by atoms with E-state index in [9.17, 15) is 4.57 Å². The van der Waals surface area contributed by atoms with E-state index in [1.54, 1.807) is 0 Å². The van der Waals surface area contributed by atoms with Gasteiger partial charge in [0.2, 0.25) is 0 Å². The average molecular weight is 488 g/mol. The van der Waals surface area contributed by atoms with Crippen molar-refractivity contribution < 1.29 is 14.4 Å². The Hall–Kier alpha value is -2.78. The van der Waals surface area contributed by atoms with Gasteiger partial charge in [0.25, 0.3) is 0 Å². The summed E-state index contributed by atoms with van der Waals surface area (Å²) in [6.45, 7) is 2.18. The Bertz CT molecular complexity index is 1310. The zero-order valence-corrected chi connectivity index (χ0v) is 21.3. The molecule has 0 saturated heterocycles. The lowest BCUT2D eigenvalue weighted by atomic mass is 9.94. The fraction of sp³-hybridized carbons (Fsp3) is 0.300.